The number of carbonyl (C=O) groups excluding carboxylic acids is 1. The van der Waals surface area contributed by atoms with Crippen LogP contribution in [-0.4, -0.2) is 43.2 Å². The lowest BCUT2D eigenvalue weighted by atomic mass is 10.2. The Morgan fingerprint density at radius 1 is 1.21 bits per heavy atom. The third-order valence-corrected chi connectivity index (χ3v) is 3.65. The number of quaternary nitrogens is 1. The zero-order valence-electron chi connectivity index (χ0n) is 10.4. The molecule has 1 aromatic carbocycles. The van der Waals surface area contributed by atoms with Gasteiger partial charge in [-0.1, -0.05) is 41.4 Å². The summed E-state index contributed by atoms with van der Waals surface area (Å²) in [5, 5.41) is 2.91. The molecule has 1 unspecified atom stereocenters. The summed E-state index contributed by atoms with van der Waals surface area (Å²) < 4.78 is 5.30. The zero-order valence-corrected chi connectivity index (χ0v) is 12.0. The summed E-state index contributed by atoms with van der Waals surface area (Å²) in [6, 6.07) is 9.04. The number of nitrogens with one attached hydrogen (secondary N) is 2. The van der Waals surface area contributed by atoms with Gasteiger partial charge < -0.3 is 15.0 Å². The number of benzene rings is 1. The number of amides is 1. The topological polar surface area (TPSA) is 42.8 Å². The maximum Gasteiger partial charge on any atom is 0.255 e. The Hall–Kier alpha value is -0.810. The molecule has 0 saturated carbocycles. The number of rotatable bonds is 4. The van der Waals surface area contributed by atoms with Crippen LogP contribution in [0.5, 0.6) is 0 Å². The molecule has 1 atom stereocenters. The van der Waals surface area contributed by atoms with E-state index in [-0.39, 0.29) is 12.1 Å². The van der Waals surface area contributed by atoms with Crippen molar-refractivity contribution in [2.75, 3.05) is 26.3 Å². The van der Waals surface area contributed by atoms with Crippen molar-refractivity contribution in [1.82, 2.24) is 5.32 Å². The second-order valence-electron chi connectivity index (χ2n) is 4.42. The van der Waals surface area contributed by atoms with Gasteiger partial charge >= 0.3 is 0 Å². The number of hydrogen-bond acceptors (Lipinski definition) is 2. The maximum absolute atomic E-state index is 12.1. The monoisotopic (exact) mass is 303 g/mol. The van der Waals surface area contributed by atoms with Gasteiger partial charge in [0.05, 0.1) is 13.2 Å². The van der Waals surface area contributed by atoms with Crippen molar-refractivity contribution < 1.29 is 14.4 Å². The Kier molecular flexibility index (Phi) is 5.45. The Morgan fingerprint density at radius 3 is 2.42 bits per heavy atom. The van der Waals surface area contributed by atoms with E-state index in [4.69, 9.17) is 27.9 Å². The molecule has 1 heterocycles. The fraction of sp³-hybridized carbons (Fsp3) is 0.462. The highest BCUT2D eigenvalue weighted by Crippen LogP contribution is 2.06. The fourth-order valence-corrected chi connectivity index (χ4v) is 2.58. The number of ether oxygens (including phenoxy) is 1. The highest BCUT2D eigenvalue weighted by molar-refractivity contribution is 6.44. The second kappa shape index (κ2) is 7.10. The Morgan fingerprint density at radius 2 is 1.84 bits per heavy atom. The van der Waals surface area contributed by atoms with Crippen LogP contribution in [0.3, 0.4) is 0 Å². The highest BCUT2D eigenvalue weighted by Gasteiger charge is 2.31. The minimum absolute atomic E-state index is 0.157. The van der Waals surface area contributed by atoms with Crippen LogP contribution in [0.15, 0.2) is 30.3 Å². The lowest BCUT2D eigenvalue weighted by Crippen LogP contribution is -3.20. The van der Waals surface area contributed by atoms with E-state index >= 15 is 0 Å². The molecule has 0 bridgehead atoms. The maximum atomic E-state index is 12.1. The fourth-order valence-electron chi connectivity index (χ4n) is 2.10. The number of halogens is 2. The molecule has 2 N–H and O–H groups in total. The molecular weight excluding hydrogens is 287 g/mol. The van der Waals surface area contributed by atoms with Crippen LogP contribution in [0.4, 0.5) is 0 Å². The molecular formula is C13H17Cl2N2O2+. The first kappa shape index (κ1) is 14.6. The third-order valence-electron chi connectivity index (χ3n) is 3.15. The van der Waals surface area contributed by atoms with Gasteiger partial charge in [0.15, 0.2) is 11.0 Å². The van der Waals surface area contributed by atoms with Crippen LogP contribution < -0.4 is 10.2 Å². The van der Waals surface area contributed by atoms with E-state index in [2.05, 4.69) is 5.32 Å². The summed E-state index contributed by atoms with van der Waals surface area (Å²) in [6.45, 7) is 2.90. The molecule has 0 aliphatic carbocycles. The van der Waals surface area contributed by atoms with Crippen LogP contribution in [-0.2, 0) is 4.74 Å². The minimum atomic E-state index is -0.652. The van der Waals surface area contributed by atoms with E-state index in [1.165, 1.54) is 0 Å². The van der Waals surface area contributed by atoms with E-state index in [1.54, 1.807) is 12.1 Å². The molecule has 2 rings (SSSR count). The SMILES string of the molecule is O=C(NC(C(Cl)Cl)[NH+]1CCOCC1)c1ccccc1. The summed E-state index contributed by atoms with van der Waals surface area (Å²) >= 11 is 12.0. The van der Waals surface area contributed by atoms with Crippen molar-refractivity contribution in [2.24, 2.45) is 0 Å². The second-order valence-corrected chi connectivity index (χ2v) is 5.59. The molecule has 1 aromatic rings. The van der Waals surface area contributed by atoms with Crippen LogP contribution in [0.25, 0.3) is 0 Å². The molecule has 6 heteroatoms. The third kappa shape index (κ3) is 4.08. The molecule has 0 aromatic heterocycles. The molecule has 19 heavy (non-hydrogen) atoms. The first-order chi connectivity index (χ1) is 9.18. The Balaban J connectivity index is 2.02. The normalized spacial score (nSPS) is 18.3. The van der Waals surface area contributed by atoms with Gasteiger partial charge in [0.25, 0.3) is 5.91 Å². The first-order valence-corrected chi connectivity index (χ1v) is 7.12. The molecule has 1 aliphatic rings. The number of hydrogen-bond donors (Lipinski definition) is 2. The van der Waals surface area contributed by atoms with Gasteiger partial charge in [-0.2, -0.15) is 0 Å². The van der Waals surface area contributed by atoms with Crippen LogP contribution in [0, 0.1) is 0 Å². The first-order valence-electron chi connectivity index (χ1n) is 6.25. The van der Waals surface area contributed by atoms with E-state index in [0.29, 0.717) is 18.8 Å². The van der Waals surface area contributed by atoms with Gasteiger partial charge in [0.1, 0.15) is 13.1 Å². The zero-order chi connectivity index (χ0) is 13.7. The molecule has 104 valence electrons. The smallest absolute Gasteiger partial charge is 0.255 e. The number of morpholine rings is 1. The largest absolute Gasteiger partial charge is 0.370 e. The van der Waals surface area contributed by atoms with Gasteiger partial charge in [0.2, 0.25) is 0 Å². The highest BCUT2D eigenvalue weighted by atomic mass is 35.5. The number of alkyl halides is 2. The summed E-state index contributed by atoms with van der Waals surface area (Å²) in [4.78, 5) is 12.6. The molecule has 1 saturated heterocycles. The van der Waals surface area contributed by atoms with Gasteiger partial charge in [-0.25, -0.2) is 0 Å². The van der Waals surface area contributed by atoms with Gasteiger partial charge in [-0.05, 0) is 12.1 Å². The molecule has 0 radical (unpaired) electrons. The molecule has 4 nitrogen and oxygen atoms in total. The summed E-state index contributed by atoms with van der Waals surface area (Å²) in [6.07, 6.45) is -0.320. The number of carbonyl (C=O) groups is 1. The standard InChI is InChI=1S/C13H16Cl2N2O2/c14-11(15)12(17-6-8-19-9-7-17)16-13(18)10-4-2-1-3-5-10/h1-5,11-12H,6-9H2,(H,16,18)/p+1. The predicted molar refractivity (Wildman–Crippen MR) is 74.7 cm³/mol. The van der Waals surface area contributed by atoms with E-state index < -0.39 is 4.84 Å². The van der Waals surface area contributed by atoms with Crippen molar-refractivity contribution in [3.8, 4) is 0 Å². The van der Waals surface area contributed by atoms with Gasteiger partial charge in [0, 0.05) is 5.56 Å². The summed E-state index contributed by atoms with van der Waals surface area (Å²) in [5.41, 5.74) is 0.606. The van der Waals surface area contributed by atoms with Crippen molar-refractivity contribution in [3.63, 3.8) is 0 Å². The van der Waals surface area contributed by atoms with Crippen LogP contribution in [0.1, 0.15) is 10.4 Å². The van der Waals surface area contributed by atoms with Crippen molar-refractivity contribution in [3.05, 3.63) is 35.9 Å². The summed E-state index contributed by atoms with van der Waals surface area (Å²) in [7, 11) is 0. The van der Waals surface area contributed by atoms with Crippen molar-refractivity contribution in [1.29, 1.82) is 0 Å². The van der Waals surface area contributed by atoms with Gasteiger partial charge in [-0.3, -0.25) is 4.79 Å². The van der Waals surface area contributed by atoms with Crippen LogP contribution in [0.2, 0.25) is 0 Å². The minimum Gasteiger partial charge on any atom is -0.370 e. The molecule has 1 amide bonds. The van der Waals surface area contributed by atoms with Crippen molar-refractivity contribution >= 4 is 29.1 Å². The molecule has 1 fully saturated rings. The van der Waals surface area contributed by atoms with Crippen molar-refractivity contribution in [2.45, 2.75) is 11.0 Å². The van der Waals surface area contributed by atoms with E-state index in [1.807, 2.05) is 18.2 Å². The van der Waals surface area contributed by atoms with Crippen LogP contribution >= 0.6 is 23.2 Å². The molecule has 0 spiro atoms. The average molecular weight is 304 g/mol. The predicted octanol–water partition coefficient (Wildman–Crippen LogP) is 0.461. The molecule has 1 aliphatic heterocycles. The quantitative estimate of drug-likeness (QED) is 0.794. The Labute approximate surface area is 122 Å². The van der Waals surface area contributed by atoms with Gasteiger partial charge in [-0.15, -0.1) is 0 Å². The van der Waals surface area contributed by atoms with E-state index in [9.17, 15) is 4.79 Å². The lowest BCUT2D eigenvalue weighted by Gasteiger charge is -2.32. The Bertz CT molecular complexity index is 408. The lowest BCUT2D eigenvalue weighted by molar-refractivity contribution is -0.933. The summed E-state index contributed by atoms with van der Waals surface area (Å²) in [5.74, 6) is -0.157. The average Bonchev–Trinajstić information content (AvgIpc) is 2.46. The van der Waals surface area contributed by atoms with E-state index in [0.717, 1.165) is 18.0 Å².